The predicted molar refractivity (Wildman–Crippen MR) is 52.2 cm³/mol. The van der Waals surface area contributed by atoms with Gasteiger partial charge in [-0.3, -0.25) is 0 Å². The molecule has 0 saturated heterocycles. The van der Waals surface area contributed by atoms with E-state index in [9.17, 15) is 0 Å². The van der Waals surface area contributed by atoms with Crippen LogP contribution in [0.15, 0.2) is 0 Å². The first-order valence-corrected chi connectivity index (χ1v) is 5.66. The fraction of sp³-hybridized carbons (Fsp3) is 1.00. The molecule has 0 radical (unpaired) electrons. The highest BCUT2D eigenvalue weighted by atomic mass is 15.0. The first kappa shape index (κ1) is 8.55. The standard InChI is InChI=1S/C11H21N/c1-2-9-5-3-4-6-11(9)12-10-7-8-10/h9-12H,2-8H2,1H3. The summed E-state index contributed by atoms with van der Waals surface area (Å²) in [6, 6.07) is 1.78. The highest BCUT2D eigenvalue weighted by Gasteiger charge is 2.29. The van der Waals surface area contributed by atoms with E-state index in [0.29, 0.717) is 0 Å². The minimum absolute atomic E-state index is 0.872. The van der Waals surface area contributed by atoms with E-state index >= 15 is 0 Å². The van der Waals surface area contributed by atoms with Crippen LogP contribution in [0.3, 0.4) is 0 Å². The molecule has 2 aliphatic rings. The van der Waals surface area contributed by atoms with Crippen LogP contribution in [0.2, 0.25) is 0 Å². The van der Waals surface area contributed by atoms with Crippen LogP contribution in [-0.2, 0) is 0 Å². The van der Waals surface area contributed by atoms with Crippen molar-refractivity contribution in [1.82, 2.24) is 5.32 Å². The highest BCUT2D eigenvalue weighted by Crippen LogP contribution is 2.30. The van der Waals surface area contributed by atoms with Gasteiger partial charge in [-0.15, -0.1) is 0 Å². The zero-order valence-corrected chi connectivity index (χ0v) is 8.18. The van der Waals surface area contributed by atoms with Crippen LogP contribution >= 0.6 is 0 Å². The third kappa shape index (κ3) is 2.01. The van der Waals surface area contributed by atoms with Crippen LogP contribution in [0.25, 0.3) is 0 Å². The molecular formula is C11H21N. The zero-order valence-electron chi connectivity index (χ0n) is 8.18. The Morgan fingerprint density at radius 3 is 2.50 bits per heavy atom. The molecule has 1 N–H and O–H groups in total. The second-order valence-corrected chi connectivity index (χ2v) is 4.50. The van der Waals surface area contributed by atoms with E-state index < -0.39 is 0 Å². The Balaban J connectivity index is 1.81. The maximum absolute atomic E-state index is 3.79. The summed E-state index contributed by atoms with van der Waals surface area (Å²) in [6.45, 7) is 2.34. The Hall–Kier alpha value is -0.0400. The molecule has 0 aromatic heterocycles. The van der Waals surface area contributed by atoms with Crippen molar-refractivity contribution < 1.29 is 0 Å². The minimum atomic E-state index is 0.872. The summed E-state index contributed by atoms with van der Waals surface area (Å²) in [6.07, 6.45) is 10.1. The van der Waals surface area contributed by atoms with E-state index in [0.717, 1.165) is 18.0 Å². The Kier molecular flexibility index (Phi) is 2.69. The molecule has 0 bridgehead atoms. The Morgan fingerprint density at radius 2 is 1.83 bits per heavy atom. The van der Waals surface area contributed by atoms with Crippen molar-refractivity contribution in [1.29, 1.82) is 0 Å². The van der Waals surface area contributed by atoms with Gasteiger partial charge in [-0.2, -0.15) is 0 Å². The van der Waals surface area contributed by atoms with Crippen molar-refractivity contribution in [2.24, 2.45) is 5.92 Å². The number of hydrogen-bond acceptors (Lipinski definition) is 1. The average molecular weight is 167 g/mol. The van der Waals surface area contributed by atoms with E-state index in [1.807, 2.05) is 0 Å². The SMILES string of the molecule is CCC1CCCCC1NC1CC1. The first-order chi connectivity index (χ1) is 5.90. The molecule has 1 nitrogen and oxygen atoms in total. The third-order valence-corrected chi connectivity index (χ3v) is 3.46. The van der Waals surface area contributed by atoms with Crippen molar-refractivity contribution in [3.05, 3.63) is 0 Å². The van der Waals surface area contributed by atoms with E-state index in [1.54, 1.807) is 0 Å². The molecule has 0 spiro atoms. The van der Waals surface area contributed by atoms with E-state index in [2.05, 4.69) is 12.2 Å². The molecule has 2 saturated carbocycles. The summed E-state index contributed by atoms with van der Waals surface area (Å²) in [4.78, 5) is 0. The first-order valence-electron chi connectivity index (χ1n) is 5.66. The highest BCUT2D eigenvalue weighted by molar-refractivity contribution is 4.89. The van der Waals surface area contributed by atoms with Gasteiger partial charge in [0.1, 0.15) is 0 Å². The number of nitrogens with one attached hydrogen (secondary N) is 1. The molecule has 0 heterocycles. The molecule has 0 aromatic rings. The monoisotopic (exact) mass is 167 g/mol. The lowest BCUT2D eigenvalue weighted by Gasteiger charge is -2.31. The average Bonchev–Trinajstić information content (AvgIpc) is 2.89. The summed E-state index contributed by atoms with van der Waals surface area (Å²) in [5, 5.41) is 3.79. The maximum Gasteiger partial charge on any atom is 0.00978 e. The summed E-state index contributed by atoms with van der Waals surface area (Å²) < 4.78 is 0. The van der Waals surface area contributed by atoms with E-state index in [-0.39, 0.29) is 0 Å². The Morgan fingerprint density at radius 1 is 1.08 bits per heavy atom. The van der Waals surface area contributed by atoms with Crippen LogP contribution in [0.5, 0.6) is 0 Å². The maximum atomic E-state index is 3.79. The molecule has 1 heteroatoms. The van der Waals surface area contributed by atoms with Crippen molar-refractivity contribution >= 4 is 0 Å². The summed E-state index contributed by atoms with van der Waals surface area (Å²) in [7, 11) is 0. The second-order valence-electron chi connectivity index (χ2n) is 4.50. The smallest absolute Gasteiger partial charge is 0.00978 e. The quantitative estimate of drug-likeness (QED) is 0.681. The molecule has 70 valence electrons. The topological polar surface area (TPSA) is 12.0 Å². The van der Waals surface area contributed by atoms with Crippen LogP contribution in [0.4, 0.5) is 0 Å². The van der Waals surface area contributed by atoms with Gasteiger partial charge in [-0.1, -0.05) is 26.2 Å². The lowest BCUT2D eigenvalue weighted by molar-refractivity contribution is 0.254. The van der Waals surface area contributed by atoms with Crippen LogP contribution in [0, 0.1) is 5.92 Å². The van der Waals surface area contributed by atoms with Crippen LogP contribution < -0.4 is 5.32 Å². The molecule has 2 atom stereocenters. The third-order valence-electron chi connectivity index (χ3n) is 3.46. The van der Waals surface area contributed by atoms with Gasteiger partial charge in [-0.05, 0) is 31.6 Å². The van der Waals surface area contributed by atoms with Gasteiger partial charge in [-0.25, -0.2) is 0 Å². The molecule has 2 rings (SSSR count). The van der Waals surface area contributed by atoms with Crippen molar-refractivity contribution in [2.75, 3.05) is 0 Å². The van der Waals surface area contributed by atoms with Gasteiger partial charge in [0, 0.05) is 12.1 Å². The molecule has 2 fully saturated rings. The van der Waals surface area contributed by atoms with Gasteiger partial charge in [0.25, 0.3) is 0 Å². The van der Waals surface area contributed by atoms with Crippen molar-refractivity contribution in [2.45, 2.75) is 64.0 Å². The lowest BCUT2D eigenvalue weighted by Crippen LogP contribution is -2.39. The molecule has 2 aliphatic carbocycles. The zero-order chi connectivity index (χ0) is 8.39. The van der Waals surface area contributed by atoms with Gasteiger partial charge in [0.15, 0.2) is 0 Å². The summed E-state index contributed by atoms with van der Waals surface area (Å²) in [5.74, 6) is 0.986. The second kappa shape index (κ2) is 3.78. The fourth-order valence-electron chi connectivity index (χ4n) is 2.47. The van der Waals surface area contributed by atoms with E-state index in [1.165, 1.54) is 44.9 Å². The van der Waals surface area contributed by atoms with Gasteiger partial charge in [0.2, 0.25) is 0 Å². The molecular weight excluding hydrogens is 146 g/mol. The van der Waals surface area contributed by atoms with E-state index in [4.69, 9.17) is 0 Å². The largest absolute Gasteiger partial charge is 0.311 e. The van der Waals surface area contributed by atoms with Gasteiger partial charge >= 0.3 is 0 Å². The minimum Gasteiger partial charge on any atom is -0.311 e. The van der Waals surface area contributed by atoms with Crippen LogP contribution in [0.1, 0.15) is 51.9 Å². The number of hydrogen-bond donors (Lipinski definition) is 1. The van der Waals surface area contributed by atoms with Crippen molar-refractivity contribution in [3.63, 3.8) is 0 Å². The van der Waals surface area contributed by atoms with Gasteiger partial charge in [0.05, 0.1) is 0 Å². The lowest BCUT2D eigenvalue weighted by atomic mass is 9.83. The summed E-state index contributed by atoms with van der Waals surface area (Å²) in [5.41, 5.74) is 0. The Bertz CT molecular complexity index is 140. The van der Waals surface area contributed by atoms with Crippen LogP contribution in [-0.4, -0.2) is 12.1 Å². The fourth-order valence-corrected chi connectivity index (χ4v) is 2.47. The molecule has 0 aliphatic heterocycles. The van der Waals surface area contributed by atoms with Crippen molar-refractivity contribution in [3.8, 4) is 0 Å². The molecule has 12 heavy (non-hydrogen) atoms. The number of rotatable bonds is 3. The molecule has 2 unspecified atom stereocenters. The molecule has 0 amide bonds. The normalized spacial score (nSPS) is 36.8. The molecule has 0 aromatic carbocycles. The Labute approximate surface area is 75.9 Å². The summed E-state index contributed by atoms with van der Waals surface area (Å²) >= 11 is 0. The predicted octanol–water partition coefficient (Wildman–Crippen LogP) is 2.71. The van der Waals surface area contributed by atoms with Gasteiger partial charge < -0.3 is 5.32 Å².